The van der Waals surface area contributed by atoms with E-state index in [0.717, 1.165) is 38.5 Å². The number of ether oxygens (including phenoxy) is 2. The largest absolute Gasteiger partial charge is 0.472 e. The van der Waals surface area contributed by atoms with Gasteiger partial charge in [-0.25, -0.2) is 4.57 Å². The Morgan fingerprint density at radius 3 is 1.37 bits per heavy atom. The second-order valence-electron chi connectivity index (χ2n) is 17.0. The fourth-order valence-corrected chi connectivity index (χ4v) is 8.21. The summed E-state index contributed by atoms with van der Waals surface area (Å²) in [5.74, 6) is -1.19. The summed E-state index contributed by atoms with van der Waals surface area (Å²) >= 11 is 0. The van der Waals surface area contributed by atoms with Crippen LogP contribution in [-0.2, 0) is 32.7 Å². The van der Waals surface area contributed by atoms with Gasteiger partial charge in [-0.1, -0.05) is 184 Å². The lowest BCUT2D eigenvalue weighted by Crippen LogP contribution is -2.64. The molecule has 6 N–H and O–H groups in total. The minimum atomic E-state index is -5.14. The first-order valence-corrected chi connectivity index (χ1v) is 25.9. The number of rotatable bonds is 40. The van der Waals surface area contributed by atoms with Crippen molar-refractivity contribution >= 4 is 19.8 Å². The molecule has 0 heterocycles. The highest BCUT2D eigenvalue weighted by Crippen LogP contribution is 2.47. The van der Waals surface area contributed by atoms with Crippen molar-refractivity contribution in [3.05, 3.63) is 48.6 Å². The van der Waals surface area contributed by atoms with Gasteiger partial charge in [0.2, 0.25) is 0 Å². The molecule has 0 saturated heterocycles. The molecule has 6 atom stereocenters. The Morgan fingerprint density at radius 2 is 0.889 bits per heavy atom. The molecule has 0 radical (unpaired) electrons. The minimum absolute atomic E-state index is 0.0231. The van der Waals surface area contributed by atoms with E-state index >= 15 is 0 Å². The van der Waals surface area contributed by atoms with Crippen LogP contribution in [-0.4, -0.2) is 98.3 Å². The average molecular weight is 915 g/mol. The molecule has 1 aliphatic carbocycles. The van der Waals surface area contributed by atoms with Crippen LogP contribution >= 0.6 is 7.82 Å². The molecule has 14 heteroatoms. The van der Waals surface area contributed by atoms with Crippen LogP contribution in [0.4, 0.5) is 0 Å². The van der Waals surface area contributed by atoms with Crippen LogP contribution in [0.5, 0.6) is 0 Å². The van der Waals surface area contributed by atoms with Gasteiger partial charge in [0.15, 0.2) is 6.10 Å². The van der Waals surface area contributed by atoms with E-state index in [2.05, 4.69) is 44.2 Å². The summed E-state index contributed by atoms with van der Waals surface area (Å²) in [6, 6.07) is 0. The third-order valence-electron chi connectivity index (χ3n) is 11.2. The predicted octanol–water partition coefficient (Wildman–Crippen LogP) is 9.95. The molecule has 0 amide bonds. The Balaban J connectivity index is 2.49. The zero-order valence-electron chi connectivity index (χ0n) is 38.9. The number of aliphatic hydroxyl groups is 5. The highest BCUT2D eigenvalue weighted by atomic mass is 31.2. The summed E-state index contributed by atoms with van der Waals surface area (Å²) in [5, 5.41) is 50.2. The van der Waals surface area contributed by atoms with E-state index in [0.29, 0.717) is 19.3 Å². The van der Waals surface area contributed by atoms with Gasteiger partial charge >= 0.3 is 19.8 Å². The number of hydrogen-bond acceptors (Lipinski definition) is 12. The number of carbonyl (C=O) groups excluding carboxylic acids is 2. The van der Waals surface area contributed by atoms with Crippen molar-refractivity contribution < 1.29 is 63.1 Å². The molecular formula is C49H87O13P. The average Bonchev–Trinajstić information content (AvgIpc) is 3.26. The molecule has 6 unspecified atom stereocenters. The fourth-order valence-electron chi connectivity index (χ4n) is 7.24. The maximum atomic E-state index is 12.8. The SMILES string of the molecule is CCCCCCCCC=CCC=CCC=CCC=CCCC(=O)OC(COC(=O)CCCCCCCCCCCCCCCCC)COP(=O)(O)OC1C(O)C(O)C(O)C(O)C1O. The van der Waals surface area contributed by atoms with Gasteiger partial charge in [-0.15, -0.1) is 0 Å². The lowest BCUT2D eigenvalue weighted by atomic mass is 9.85. The third kappa shape index (κ3) is 31.4. The Hall–Kier alpha value is -2.19. The van der Waals surface area contributed by atoms with E-state index < -0.39 is 75.7 Å². The second kappa shape index (κ2) is 39.0. The number of allylic oxidation sites excluding steroid dienone is 8. The third-order valence-corrected chi connectivity index (χ3v) is 12.2. The van der Waals surface area contributed by atoms with E-state index in [1.807, 2.05) is 18.2 Å². The molecule has 1 fully saturated rings. The molecule has 1 rings (SSSR count). The number of phosphoric acid groups is 1. The number of hydrogen-bond donors (Lipinski definition) is 6. The number of aliphatic hydroxyl groups excluding tert-OH is 5. The summed E-state index contributed by atoms with van der Waals surface area (Å²) < 4.78 is 33.5. The van der Waals surface area contributed by atoms with Gasteiger partial charge < -0.3 is 39.9 Å². The first-order valence-electron chi connectivity index (χ1n) is 24.4. The van der Waals surface area contributed by atoms with Crippen molar-refractivity contribution in [1.82, 2.24) is 0 Å². The smallest absolute Gasteiger partial charge is 0.462 e. The number of phosphoric ester groups is 1. The minimum Gasteiger partial charge on any atom is -0.462 e. The van der Waals surface area contributed by atoms with E-state index in [1.54, 1.807) is 0 Å². The molecular weight excluding hydrogens is 828 g/mol. The van der Waals surface area contributed by atoms with E-state index in [9.17, 15) is 44.6 Å². The Kier molecular flexibility index (Phi) is 36.4. The molecule has 0 spiro atoms. The van der Waals surface area contributed by atoms with Crippen molar-refractivity contribution in [2.24, 2.45) is 0 Å². The van der Waals surface area contributed by atoms with Crippen molar-refractivity contribution in [3.8, 4) is 0 Å². The van der Waals surface area contributed by atoms with Crippen molar-refractivity contribution in [3.63, 3.8) is 0 Å². The van der Waals surface area contributed by atoms with Crippen molar-refractivity contribution in [2.45, 2.75) is 236 Å². The van der Waals surface area contributed by atoms with Crippen LogP contribution in [0.15, 0.2) is 48.6 Å². The summed E-state index contributed by atoms with van der Waals surface area (Å²) in [5.41, 5.74) is 0. The first kappa shape index (κ1) is 58.8. The van der Waals surface area contributed by atoms with Crippen LogP contribution in [0.1, 0.15) is 194 Å². The molecule has 1 saturated carbocycles. The molecule has 366 valence electrons. The van der Waals surface area contributed by atoms with Crippen LogP contribution < -0.4 is 0 Å². The quantitative estimate of drug-likeness (QED) is 0.0147. The zero-order valence-corrected chi connectivity index (χ0v) is 39.8. The van der Waals surface area contributed by atoms with Gasteiger partial charge in [-0.2, -0.15) is 0 Å². The van der Waals surface area contributed by atoms with Crippen molar-refractivity contribution in [1.29, 1.82) is 0 Å². The lowest BCUT2D eigenvalue weighted by Gasteiger charge is -2.41. The second-order valence-corrected chi connectivity index (χ2v) is 18.4. The standard InChI is InChI=1S/C49H87O13P/c1-3-5-7-9-11-13-15-17-19-20-21-22-24-26-28-30-32-34-36-38-43(51)61-41(40-60-63(57,58)62-49-47(55)45(53)44(52)46(54)48(49)56)39-59-42(50)37-35-33-31-29-27-25-23-18-16-14-12-10-8-6-4-2/h17,19,21-22,26,28,32,34,41,44-49,52-56H,3-16,18,20,23-25,27,29-31,33,35-40H2,1-2H3,(H,57,58). The van der Waals surface area contributed by atoms with Gasteiger partial charge in [0, 0.05) is 12.8 Å². The van der Waals surface area contributed by atoms with Crippen LogP contribution in [0.2, 0.25) is 0 Å². The van der Waals surface area contributed by atoms with Gasteiger partial charge in [0.05, 0.1) is 6.61 Å². The van der Waals surface area contributed by atoms with Crippen LogP contribution in [0, 0.1) is 0 Å². The van der Waals surface area contributed by atoms with Crippen LogP contribution in [0.3, 0.4) is 0 Å². The van der Waals surface area contributed by atoms with E-state index in [-0.39, 0.29) is 12.8 Å². The van der Waals surface area contributed by atoms with Crippen molar-refractivity contribution in [2.75, 3.05) is 13.2 Å². The molecule has 0 bridgehead atoms. The summed E-state index contributed by atoms with van der Waals surface area (Å²) in [4.78, 5) is 35.7. The number of unbranched alkanes of at least 4 members (excludes halogenated alkanes) is 20. The lowest BCUT2D eigenvalue weighted by molar-refractivity contribution is -0.220. The molecule has 13 nitrogen and oxygen atoms in total. The number of carbonyl (C=O) groups is 2. The molecule has 0 aromatic heterocycles. The molecule has 0 aromatic rings. The summed E-state index contributed by atoms with van der Waals surface area (Å²) in [7, 11) is -5.14. The topological polar surface area (TPSA) is 210 Å². The zero-order chi connectivity index (χ0) is 46.4. The summed E-state index contributed by atoms with van der Waals surface area (Å²) in [6.07, 6.45) is 33.2. The molecule has 0 aliphatic heterocycles. The maximum Gasteiger partial charge on any atom is 0.472 e. The van der Waals surface area contributed by atoms with E-state index in [1.165, 1.54) is 109 Å². The van der Waals surface area contributed by atoms with Gasteiger partial charge in [-0.3, -0.25) is 18.6 Å². The normalized spacial score (nSPS) is 22.1. The maximum absolute atomic E-state index is 12.8. The summed E-state index contributed by atoms with van der Waals surface area (Å²) in [6.45, 7) is 3.25. The molecule has 0 aromatic carbocycles. The highest BCUT2D eigenvalue weighted by molar-refractivity contribution is 7.47. The first-order chi connectivity index (χ1) is 30.4. The monoisotopic (exact) mass is 915 g/mol. The van der Waals surface area contributed by atoms with Crippen LogP contribution in [0.25, 0.3) is 0 Å². The Bertz CT molecular complexity index is 1290. The number of esters is 2. The van der Waals surface area contributed by atoms with E-state index in [4.69, 9.17) is 18.5 Å². The Morgan fingerprint density at radius 1 is 0.492 bits per heavy atom. The highest BCUT2D eigenvalue weighted by Gasteiger charge is 2.51. The van der Waals surface area contributed by atoms with Gasteiger partial charge in [0.25, 0.3) is 0 Å². The van der Waals surface area contributed by atoms with Gasteiger partial charge in [0.1, 0.15) is 43.2 Å². The predicted molar refractivity (Wildman–Crippen MR) is 249 cm³/mol. The molecule has 1 aliphatic rings. The fraction of sp³-hybridized carbons (Fsp3) is 0.796. The van der Waals surface area contributed by atoms with Gasteiger partial charge in [-0.05, 0) is 44.9 Å². The molecule has 63 heavy (non-hydrogen) atoms. The Labute approximate surface area is 380 Å².